The van der Waals surface area contributed by atoms with Gasteiger partial charge in [-0.15, -0.1) is 0 Å². The van der Waals surface area contributed by atoms with Gasteiger partial charge in [0.1, 0.15) is 0 Å². The summed E-state index contributed by atoms with van der Waals surface area (Å²) in [6.45, 7) is 13.4. The van der Waals surface area contributed by atoms with Crippen molar-refractivity contribution < 1.29 is 0 Å². The van der Waals surface area contributed by atoms with Gasteiger partial charge in [-0.25, -0.2) is 0 Å². The second-order valence-corrected chi connectivity index (χ2v) is 9.01. The van der Waals surface area contributed by atoms with Crippen molar-refractivity contribution in [2.45, 2.75) is 54.4 Å². The van der Waals surface area contributed by atoms with Gasteiger partial charge in [-0.3, -0.25) is 0 Å². The SMILES string of the molecule is CCC(C)C1=Cc2c(-c3cc(C)cc(C)c3)ccc(-c3cc(C)cc(C)c3)c2C1. The Kier molecular flexibility index (Phi) is 5.21. The van der Waals surface area contributed by atoms with E-state index in [1.54, 1.807) is 5.57 Å². The van der Waals surface area contributed by atoms with E-state index in [2.05, 4.69) is 96.1 Å². The van der Waals surface area contributed by atoms with Crippen molar-refractivity contribution in [3.8, 4) is 22.3 Å². The molecule has 3 aromatic rings. The molecule has 0 bridgehead atoms. The van der Waals surface area contributed by atoms with E-state index in [0.717, 1.165) is 6.42 Å². The zero-order valence-electron chi connectivity index (χ0n) is 18.7. The van der Waals surface area contributed by atoms with Crippen LogP contribution in [0.4, 0.5) is 0 Å². The molecule has 4 rings (SSSR count). The van der Waals surface area contributed by atoms with Crippen molar-refractivity contribution in [2.24, 2.45) is 5.92 Å². The number of hydrogen-bond donors (Lipinski definition) is 0. The van der Waals surface area contributed by atoms with E-state index in [0.29, 0.717) is 5.92 Å². The Bertz CT molecular complexity index is 1070. The molecule has 0 aromatic heterocycles. The van der Waals surface area contributed by atoms with Crippen molar-refractivity contribution in [3.05, 3.63) is 87.5 Å². The lowest BCUT2D eigenvalue weighted by Crippen LogP contribution is -1.99. The molecule has 0 nitrogen and oxygen atoms in total. The Morgan fingerprint density at radius 1 is 0.724 bits per heavy atom. The van der Waals surface area contributed by atoms with E-state index in [1.807, 2.05) is 0 Å². The molecule has 0 N–H and O–H groups in total. The minimum absolute atomic E-state index is 0.626. The summed E-state index contributed by atoms with van der Waals surface area (Å²) in [5.41, 5.74) is 15.3. The summed E-state index contributed by atoms with van der Waals surface area (Å²) in [5, 5.41) is 0. The minimum Gasteiger partial charge on any atom is -0.0648 e. The maximum atomic E-state index is 2.49. The third-order valence-corrected chi connectivity index (χ3v) is 6.38. The minimum atomic E-state index is 0.626. The molecule has 3 aromatic carbocycles. The Morgan fingerprint density at radius 2 is 1.21 bits per heavy atom. The summed E-state index contributed by atoms with van der Waals surface area (Å²) >= 11 is 0. The van der Waals surface area contributed by atoms with E-state index in [9.17, 15) is 0 Å². The number of rotatable bonds is 4. The van der Waals surface area contributed by atoms with Gasteiger partial charge in [0.2, 0.25) is 0 Å². The van der Waals surface area contributed by atoms with Gasteiger partial charge in [0.15, 0.2) is 0 Å². The van der Waals surface area contributed by atoms with Crippen molar-refractivity contribution in [1.82, 2.24) is 0 Å². The number of fused-ring (bicyclic) bond motifs is 1. The van der Waals surface area contributed by atoms with Gasteiger partial charge in [0.05, 0.1) is 0 Å². The molecule has 148 valence electrons. The third kappa shape index (κ3) is 3.81. The van der Waals surface area contributed by atoms with Crippen molar-refractivity contribution in [3.63, 3.8) is 0 Å². The highest BCUT2D eigenvalue weighted by atomic mass is 14.3. The van der Waals surface area contributed by atoms with E-state index in [-0.39, 0.29) is 0 Å². The lowest BCUT2D eigenvalue weighted by atomic mass is 9.88. The molecule has 0 saturated carbocycles. The molecule has 1 aliphatic carbocycles. The predicted octanol–water partition coefficient (Wildman–Crippen LogP) is 8.24. The summed E-state index contributed by atoms with van der Waals surface area (Å²) in [4.78, 5) is 0. The average molecular weight is 381 g/mol. The van der Waals surface area contributed by atoms with Gasteiger partial charge in [-0.1, -0.05) is 96.3 Å². The first-order valence-electron chi connectivity index (χ1n) is 10.9. The summed E-state index contributed by atoms with van der Waals surface area (Å²) in [6.07, 6.45) is 4.76. The molecule has 0 heterocycles. The van der Waals surface area contributed by atoms with Gasteiger partial charge in [-0.2, -0.15) is 0 Å². The van der Waals surface area contributed by atoms with Crippen LogP contribution in [0.5, 0.6) is 0 Å². The first-order chi connectivity index (χ1) is 13.9. The lowest BCUT2D eigenvalue weighted by molar-refractivity contribution is 0.647. The largest absolute Gasteiger partial charge is 0.0648 e. The van der Waals surface area contributed by atoms with Crippen LogP contribution in [0.1, 0.15) is 53.6 Å². The normalized spacial score (nSPS) is 13.9. The molecular weight excluding hydrogens is 348 g/mol. The highest BCUT2D eigenvalue weighted by Gasteiger charge is 2.23. The Hall–Kier alpha value is -2.60. The third-order valence-electron chi connectivity index (χ3n) is 6.38. The van der Waals surface area contributed by atoms with Crippen molar-refractivity contribution in [1.29, 1.82) is 0 Å². The molecule has 1 aliphatic rings. The maximum absolute atomic E-state index is 2.49. The standard InChI is InChI=1S/C29H32/c1-7-22(6)23-16-28-26(24-12-18(2)10-19(3)13-24)8-9-27(29(28)17-23)25-14-20(4)11-21(5)15-25/h8-16,22H,7,17H2,1-6H3. The van der Waals surface area contributed by atoms with Crippen molar-refractivity contribution in [2.75, 3.05) is 0 Å². The molecule has 29 heavy (non-hydrogen) atoms. The van der Waals surface area contributed by atoms with Crippen LogP contribution < -0.4 is 0 Å². The highest BCUT2D eigenvalue weighted by Crippen LogP contribution is 2.42. The van der Waals surface area contributed by atoms with E-state index in [4.69, 9.17) is 0 Å². The Balaban J connectivity index is 1.93. The first kappa shape index (κ1) is 19.7. The number of benzene rings is 3. The molecule has 0 saturated heterocycles. The quantitative estimate of drug-likeness (QED) is 0.427. The van der Waals surface area contributed by atoms with Crippen LogP contribution in [0.25, 0.3) is 28.3 Å². The summed E-state index contributed by atoms with van der Waals surface area (Å²) in [7, 11) is 0. The fourth-order valence-electron chi connectivity index (χ4n) is 4.82. The van der Waals surface area contributed by atoms with E-state index < -0.39 is 0 Å². The molecule has 0 spiro atoms. The Labute approximate surface area is 176 Å². The van der Waals surface area contributed by atoms with Crippen LogP contribution in [0.15, 0.2) is 54.1 Å². The molecule has 0 radical (unpaired) electrons. The predicted molar refractivity (Wildman–Crippen MR) is 127 cm³/mol. The van der Waals surface area contributed by atoms with Crippen LogP contribution >= 0.6 is 0 Å². The fraction of sp³-hybridized carbons (Fsp3) is 0.310. The molecular formula is C29H32. The zero-order chi connectivity index (χ0) is 20.7. The molecule has 0 fully saturated rings. The average Bonchev–Trinajstić information content (AvgIpc) is 3.10. The molecule has 0 amide bonds. The van der Waals surface area contributed by atoms with Gasteiger partial charge >= 0.3 is 0 Å². The van der Waals surface area contributed by atoms with Gasteiger partial charge in [0.25, 0.3) is 0 Å². The fourth-order valence-corrected chi connectivity index (χ4v) is 4.82. The first-order valence-corrected chi connectivity index (χ1v) is 10.9. The molecule has 0 aliphatic heterocycles. The van der Waals surface area contributed by atoms with Crippen LogP contribution in [0, 0.1) is 33.6 Å². The monoisotopic (exact) mass is 380 g/mol. The summed E-state index contributed by atoms with van der Waals surface area (Å²) in [6, 6.07) is 18.5. The topological polar surface area (TPSA) is 0 Å². The van der Waals surface area contributed by atoms with Crippen LogP contribution in [0.3, 0.4) is 0 Å². The van der Waals surface area contributed by atoms with Crippen LogP contribution in [0.2, 0.25) is 0 Å². The second kappa shape index (κ2) is 7.67. The molecule has 1 unspecified atom stereocenters. The van der Waals surface area contributed by atoms with Crippen LogP contribution in [-0.4, -0.2) is 0 Å². The smallest absolute Gasteiger partial charge is 0.00488 e. The van der Waals surface area contributed by atoms with Gasteiger partial charge < -0.3 is 0 Å². The zero-order valence-corrected chi connectivity index (χ0v) is 18.7. The molecule has 0 heteroatoms. The number of hydrogen-bond acceptors (Lipinski definition) is 0. The number of aryl methyl sites for hydroxylation is 4. The second-order valence-electron chi connectivity index (χ2n) is 9.01. The summed E-state index contributed by atoms with van der Waals surface area (Å²) < 4.78 is 0. The van der Waals surface area contributed by atoms with Crippen molar-refractivity contribution >= 4 is 6.08 Å². The number of allylic oxidation sites excluding steroid dienone is 1. The van der Waals surface area contributed by atoms with Gasteiger partial charge in [-0.05, 0) is 79.8 Å². The van der Waals surface area contributed by atoms with Crippen LogP contribution in [-0.2, 0) is 6.42 Å². The lowest BCUT2D eigenvalue weighted by Gasteiger charge is -2.16. The molecule has 1 atom stereocenters. The highest BCUT2D eigenvalue weighted by molar-refractivity contribution is 5.87. The van der Waals surface area contributed by atoms with Gasteiger partial charge in [0, 0.05) is 0 Å². The van der Waals surface area contributed by atoms with E-state index in [1.165, 1.54) is 62.1 Å². The Morgan fingerprint density at radius 3 is 1.72 bits per heavy atom. The van der Waals surface area contributed by atoms with E-state index >= 15 is 0 Å². The maximum Gasteiger partial charge on any atom is -0.00488 e. The summed E-state index contributed by atoms with van der Waals surface area (Å²) in [5.74, 6) is 0.626.